The summed E-state index contributed by atoms with van der Waals surface area (Å²) in [5.41, 5.74) is 0.783. The summed E-state index contributed by atoms with van der Waals surface area (Å²) in [6.45, 7) is 15.3. The molecule has 3 aliphatic heterocycles. The molecular weight excluding hydrogens is 1460 g/mol. The van der Waals surface area contributed by atoms with E-state index in [1.165, 1.54) is 72.8 Å². The highest BCUT2D eigenvalue weighted by Gasteiger charge is 2.39. The van der Waals surface area contributed by atoms with Crippen molar-refractivity contribution in [3.05, 3.63) is 141 Å². The van der Waals surface area contributed by atoms with Gasteiger partial charge in [0.05, 0.1) is 21.4 Å². The zero-order valence-corrected chi connectivity index (χ0v) is 61.0. The van der Waals surface area contributed by atoms with Crippen LogP contribution in [0.1, 0.15) is 63.7 Å². The molecule has 1 N–H and O–H groups in total. The highest BCUT2D eigenvalue weighted by Crippen LogP contribution is 2.27. The molecule has 0 atom stereocenters. The number of hydrogen-bond donors (Lipinski definition) is 1. The number of likely N-dealkylation sites (tertiary alicyclic amines) is 2. The van der Waals surface area contributed by atoms with Crippen molar-refractivity contribution in [1.29, 1.82) is 0 Å². The second-order valence-corrected chi connectivity index (χ2v) is 19.7. The number of carbonyl (C=O) groups is 4. The maximum atomic E-state index is 12.4. The Balaban J connectivity index is 0.000000504. The minimum absolute atomic E-state index is 0.00676. The lowest BCUT2D eigenvalue weighted by Gasteiger charge is -2.38. The van der Waals surface area contributed by atoms with Gasteiger partial charge in [0.15, 0.2) is 0 Å². The topological polar surface area (TPSA) is 225 Å². The highest BCUT2D eigenvalue weighted by molar-refractivity contribution is 6.67. The van der Waals surface area contributed by atoms with E-state index in [4.69, 9.17) is 16.3 Å². The van der Waals surface area contributed by atoms with Crippen molar-refractivity contribution >= 4 is 51.5 Å². The number of carbonyl (C=O) groups excluding carboxylic acids is 4. The molecule has 0 radical (unpaired) electrons. The van der Waals surface area contributed by atoms with Gasteiger partial charge in [-0.2, -0.15) is 20.8 Å². The first-order valence-electron chi connectivity index (χ1n) is 31.8. The minimum atomic E-state index is -0.620. The molecule has 3 fully saturated rings. The zero-order chi connectivity index (χ0) is 83.6. The average molecular weight is 1500 g/mol. The summed E-state index contributed by atoms with van der Waals surface area (Å²) < 4.78 is 5.73. The molecule has 115 heavy (non-hydrogen) atoms. The van der Waals surface area contributed by atoms with Gasteiger partial charge in [0, 0.05) is 218 Å². The molecule has 1 spiro atoms. The molecule has 3 saturated heterocycles. The number of nitrogens with zero attached hydrogens (tertiary/aromatic N) is 5. The van der Waals surface area contributed by atoms with Crippen LogP contribution in [0.2, 0.25) is 0 Å². The van der Waals surface area contributed by atoms with E-state index in [1.54, 1.807) is 16.7 Å². The summed E-state index contributed by atoms with van der Waals surface area (Å²) in [5, 5.41) is 34.0. The van der Waals surface area contributed by atoms with Gasteiger partial charge in [-0.1, -0.05) is 5.92 Å². The number of ketones is 1. The number of amides is 2. The maximum Gasteiger partial charge on any atom is 0.269 e. The van der Waals surface area contributed by atoms with Crippen molar-refractivity contribution in [1.82, 2.24) is 15.1 Å². The summed E-state index contributed by atoms with van der Waals surface area (Å²) >= 11 is 5.13. The van der Waals surface area contributed by atoms with Gasteiger partial charge in [-0.05, 0) is 244 Å². The molecule has 3 aromatic rings. The summed E-state index contributed by atoms with van der Waals surface area (Å²) in [6, 6.07) is 16.3. The summed E-state index contributed by atoms with van der Waals surface area (Å²) in [4.78, 5) is 79.1. The second kappa shape index (κ2) is 62.2. The van der Waals surface area contributed by atoms with Gasteiger partial charge in [-0.15, -0.1) is 17.8 Å². The number of halogens is 1. The predicted octanol–water partition coefficient (Wildman–Crippen LogP) is 6.12. The Labute approximate surface area is 674 Å². The third-order valence-corrected chi connectivity index (χ3v) is 12.3. The van der Waals surface area contributed by atoms with Gasteiger partial charge in [0.25, 0.3) is 34.1 Å². The standard InChI is InChI=1S/C32H5.C32H4.C14H17N3O4.C12H12N2O4.C7H4ClNO3/c2*1-3-5-7-9-11-13-15-17-19-21-23-25-27-29-31-32-30-28-26-24-22-20-18-16-14-12-10-8-6-4-2;18-13(11-1-3-12(4-2-11)17(19)20)16-8-5-14(6-9-16)15-7-10-21-14;15-11-5-7-13(8-6-11)12(16)9-1-3-10(4-2-9)14(17)18;8-7(10)5-1-3-6(4-2-5)9(11)12/h1H2,2H3;1-2H2;1-4,15H,5-10H2;1-4H,5-8H2;1-4H/q-1;-2;;;. The van der Waals surface area contributed by atoms with Crippen LogP contribution in [0.4, 0.5) is 17.1 Å². The summed E-state index contributed by atoms with van der Waals surface area (Å²) in [7, 11) is 0. The summed E-state index contributed by atoms with van der Waals surface area (Å²) in [6.07, 6.45) is 2.31. The molecule has 17 nitrogen and oxygen atoms in total. The molecular formula is C97H42ClN6O11-3. The second-order valence-electron chi connectivity index (χ2n) is 19.4. The molecule has 6 rings (SSSR count). The van der Waals surface area contributed by atoms with E-state index in [9.17, 15) is 49.5 Å². The Morgan fingerprint density at radius 1 is 0.357 bits per heavy atom. The molecule has 536 valence electrons. The Morgan fingerprint density at radius 2 is 0.565 bits per heavy atom. The number of Topliss-reactive ketones (excluding diaryl/α,β-unsaturated/α-hetero) is 1. The van der Waals surface area contributed by atoms with Crippen LogP contribution in [0.5, 0.6) is 0 Å². The minimum Gasteiger partial charge on any atom is -0.359 e. The van der Waals surface area contributed by atoms with Crippen LogP contribution >= 0.6 is 11.6 Å². The normalized spacial score (nSPS) is 9.36. The number of nitrogens with one attached hydrogen (secondary N) is 1. The Bertz CT molecular complexity index is 5880. The monoisotopic (exact) mass is 1500 g/mol. The van der Waals surface area contributed by atoms with Gasteiger partial charge < -0.3 is 14.5 Å². The number of nitro groups is 3. The lowest BCUT2D eigenvalue weighted by molar-refractivity contribution is -0.385. The number of nitro benzene ring substituents is 3. The van der Waals surface area contributed by atoms with Crippen molar-refractivity contribution in [2.45, 2.75) is 38.3 Å². The predicted molar refractivity (Wildman–Crippen MR) is 436 cm³/mol. The molecule has 3 heterocycles. The van der Waals surface area contributed by atoms with Crippen LogP contribution in [-0.4, -0.2) is 92.5 Å². The number of ether oxygens (including phenoxy) is 1. The van der Waals surface area contributed by atoms with Gasteiger partial charge in [0.1, 0.15) is 11.5 Å². The Hall–Kier alpha value is -19.2. The van der Waals surface area contributed by atoms with Crippen molar-refractivity contribution in [2.75, 3.05) is 39.3 Å². The number of rotatable bonds is 6. The van der Waals surface area contributed by atoms with Crippen LogP contribution in [0.15, 0.2) is 72.8 Å². The fourth-order valence-electron chi connectivity index (χ4n) is 7.28. The van der Waals surface area contributed by atoms with E-state index in [-0.39, 0.29) is 45.9 Å². The molecule has 18 heteroatoms. The quantitative estimate of drug-likeness (QED) is 0.0970. The number of non-ortho nitro benzene ring substituents is 3. The van der Waals surface area contributed by atoms with Crippen LogP contribution < -0.4 is 5.32 Å². The third-order valence-electron chi connectivity index (χ3n) is 12.1. The number of hydrogen-bond acceptors (Lipinski definition) is 12. The van der Waals surface area contributed by atoms with E-state index >= 15 is 0 Å². The van der Waals surface area contributed by atoms with Crippen molar-refractivity contribution in [3.63, 3.8) is 0 Å². The van der Waals surface area contributed by atoms with Crippen LogP contribution in [0.3, 0.4) is 0 Å². The maximum absolute atomic E-state index is 12.4. The van der Waals surface area contributed by atoms with E-state index in [2.05, 4.69) is 381 Å². The van der Waals surface area contributed by atoms with E-state index in [1.807, 2.05) is 0 Å². The third kappa shape index (κ3) is 47.0. The molecule has 0 aliphatic carbocycles. The first kappa shape index (κ1) is 91.8. The van der Waals surface area contributed by atoms with E-state index in [0.717, 1.165) is 26.0 Å². The smallest absolute Gasteiger partial charge is 0.269 e. The first-order chi connectivity index (χ1) is 56.1. The van der Waals surface area contributed by atoms with Gasteiger partial charge in [0.2, 0.25) is 0 Å². The average Bonchev–Trinajstić information content (AvgIpc) is 1.79. The highest BCUT2D eigenvalue weighted by atomic mass is 35.5. The number of piperidine rings is 2. The van der Waals surface area contributed by atoms with E-state index < -0.39 is 20.0 Å². The molecule has 0 saturated carbocycles. The van der Waals surface area contributed by atoms with E-state index in [0.29, 0.717) is 50.1 Å². The van der Waals surface area contributed by atoms with Gasteiger partial charge >= 0.3 is 0 Å². The Morgan fingerprint density at radius 3 is 0.757 bits per heavy atom. The Kier molecular flexibility index (Phi) is 49.6. The summed E-state index contributed by atoms with van der Waals surface area (Å²) in [5.74, 6) is 149. The number of benzene rings is 3. The fourth-order valence-corrected chi connectivity index (χ4v) is 7.40. The molecule has 0 aromatic heterocycles. The van der Waals surface area contributed by atoms with Crippen LogP contribution in [0, 0.1) is 406 Å². The lowest BCUT2D eigenvalue weighted by atomic mass is 10.00. The van der Waals surface area contributed by atoms with Crippen molar-refractivity contribution < 1.29 is 38.7 Å². The fraction of sp³-hybridized carbons (Fsp3) is 0.124. The molecule has 3 aliphatic rings. The largest absolute Gasteiger partial charge is 0.359 e. The first-order valence-corrected chi connectivity index (χ1v) is 32.1. The zero-order valence-electron chi connectivity index (χ0n) is 60.2. The van der Waals surface area contributed by atoms with Crippen molar-refractivity contribution in [2.24, 2.45) is 0 Å². The van der Waals surface area contributed by atoms with Crippen LogP contribution in [0.25, 0.3) is 0 Å². The SMILES string of the molecule is O=C(Cl)c1ccc([N+](=O)[O-])cc1.O=C(c1ccc([N+](=O)[O-])cc1)N1CCC2(CC1)NCCO2.O=C1CCN(C(=O)c2ccc([N+](=O)[O-])cc2)CC1.[CH2-]C#CC#CC#CC#CC#CC#CC#CC#CC#CC#CC#CC#CC#CC#CC#CC.[CH2-]C#CC#CC#CC#CC#CC#CC#CC#CC#CC#CC#CC#CC#CC#CC#C[CH2-]. The van der Waals surface area contributed by atoms with Gasteiger partial charge in [-0.3, -0.25) is 72.6 Å². The molecule has 2 amide bonds. The molecule has 0 bridgehead atoms. The van der Waals surface area contributed by atoms with Gasteiger partial charge in [-0.25, -0.2) is 17.8 Å². The molecule has 0 unspecified atom stereocenters. The van der Waals surface area contributed by atoms with Crippen LogP contribution in [-0.2, 0) is 9.53 Å². The lowest BCUT2D eigenvalue weighted by Crippen LogP contribution is -2.52. The van der Waals surface area contributed by atoms with Crippen molar-refractivity contribution in [3.8, 4) is 355 Å². The molecule has 3 aromatic carbocycles.